The van der Waals surface area contributed by atoms with Gasteiger partial charge in [0.2, 0.25) is 0 Å². The molecule has 0 aliphatic carbocycles. The van der Waals surface area contributed by atoms with Gasteiger partial charge < -0.3 is 33.8 Å². The van der Waals surface area contributed by atoms with E-state index in [1.807, 2.05) is 0 Å². The van der Waals surface area contributed by atoms with Gasteiger partial charge in [-0.15, -0.1) is 0 Å². The summed E-state index contributed by atoms with van der Waals surface area (Å²) in [5.41, 5.74) is 0. The number of hydrogen-bond donors (Lipinski definition) is 3. The van der Waals surface area contributed by atoms with E-state index < -0.39 is 97.5 Å². The molecule has 0 bridgehead atoms. The van der Waals surface area contributed by atoms with Crippen LogP contribution in [-0.4, -0.2) is 96.7 Å². The molecule has 0 heterocycles. The molecule has 0 amide bonds. The van der Waals surface area contributed by atoms with E-state index in [9.17, 15) is 43.2 Å². The number of carbonyl (C=O) groups is 4. The number of ether oxygens (including phenoxy) is 4. The first-order valence-corrected chi connectivity index (χ1v) is 41.1. The van der Waals surface area contributed by atoms with Gasteiger partial charge in [-0.2, -0.15) is 0 Å². The number of phosphoric ester groups is 2. The molecule has 19 heteroatoms. The molecule has 2 unspecified atom stereocenters. The van der Waals surface area contributed by atoms with Crippen molar-refractivity contribution in [1.82, 2.24) is 0 Å². The Morgan fingerprint density at radius 3 is 0.739 bits per heavy atom. The Labute approximate surface area is 562 Å². The highest BCUT2D eigenvalue weighted by Gasteiger charge is 2.30. The summed E-state index contributed by atoms with van der Waals surface area (Å²) in [5, 5.41) is 10.6. The molecule has 546 valence electrons. The first-order chi connectivity index (χ1) is 44.5. The van der Waals surface area contributed by atoms with Crippen molar-refractivity contribution in [3.05, 3.63) is 0 Å². The third-order valence-corrected chi connectivity index (χ3v) is 18.9. The highest BCUT2D eigenvalue weighted by atomic mass is 31.2. The molecular weight excluding hydrogens is 1210 g/mol. The van der Waals surface area contributed by atoms with Crippen LogP contribution in [0.3, 0.4) is 0 Å². The molecule has 0 radical (unpaired) electrons. The van der Waals surface area contributed by atoms with E-state index in [2.05, 4.69) is 34.6 Å². The highest BCUT2D eigenvalue weighted by molar-refractivity contribution is 7.47. The Hall–Kier alpha value is -1.94. The molecule has 0 saturated heterocycles. The molecular formula is C73H142O17P2. The summed E-state index contributed by atoms with van der Waals surface area (Å²) in [6.45, 7) is 7.21. The average molecular weight is 1350 g/mol. The van der Waals surface area contributed by atoms with Crippen LogP contribution in [-0.2, 0) is 65.4 Å². The van der Waals surface area contributed by atoms with Crippen LogP contribution in [0.1, 0.15) is 381 Å². The van der Waals surface area contributed by atoms with Crippen LogP contribution >= 0.6 is 15.6 Å². The largest absolute Gasteiger partial charge is 0.472 e. The molecule has 0 aromatic rings. The van der Waals surface area contributed by atoms with Crippen LogP contribution in [0.5, 0.6) is 0 Å². The number of aliphatic hydroxyl groups is 1. The highest BCUT2D eigenvalue weighted by Crippen LogP contribution is 2.45. The van der Waals surface area contributed by atoms with E-state index in [-0.39, 0.29) is 25.7 Å². The van der Waals surface area contributed by atoms with Crippen molar-refractivity contribution in [3.63, 3.8) is 0 Å². The standard InChI is InChI=1S/C73H142O17P2/c1-6-9-12-15-18-21-24-25-26-27-28-29-30-31-32-33-34-37-44-49-54-59-73(78)90-69(63-84-71(76)57-52-47-42-39-38-40-45-50-55-66(4)5)65-88-92(81,82)86-61-67(74)60-85-91(79,80)87-64-68(89-72(77)58-53-48-43-36-23-20-17-14-11-8-3)62-83-70(75)56-51-46-41-35-22-19-16-13-10-7-2/h66-69,74H,6-65H2,1-5H3,(H,79,80)(H,81,82)/t67-,68+,69+/m0/s1. The summed E-state index contributed by atoms with van der Waals surface area (Å²) >= 11 is 0. The second-order valence-corrected chi connectivity index (χ2v) is 29.7. The molecule has 0 aromatic carbocycles. The van der Waals surface area contributed by atoms with Gasteiger partial charge in [0.05, 0.1) is 26.4 Å². The number of phosphoric acid groups is 2. The van der Waals surface area contributed by atoms with Crippen molar-refractivity contribution in [2.75, 3.05) is 39.6 Å². The first kappa shape index (κ1) is 90.1. The van der Waals surface area contributed by atoms with Gasteiger partial charge >= 0.3 is 39.5 Å². The number of esters is 4. The minimum atomic E-state index is -4.95. The zero-order valence-corrected chi connectivity index (χ0v) is 61.5. The monoisotopic (exact) mass is 1350 g/mol. The van der Waals surface area contributed by atoms with Crippen LogP contribution in [0, 0.1) is 5.92 Å². The third-order valence-electron chi connectivity index (χ3n) is 17.0. The van der Waals surface area contributed by atoms with E-state index in [4.69, 9.17) is 37.0 Å². The van der Waals surface area contributed by atoms with Gasteiger partial charge in [-0.3, -0.25) is 37.3 Å². The lowest BCUT2D eigenvalue weighted by Crippen LogP contribution is -2.30. The van der Waals surface area contributed by atoms with Crippen molar-refractivity contribution in [2.45, 2.75) is 400 Å². The minimum Gasteiger partial charge on any atom is -0.462 e. The molecule has 92 heavy (non-hydrogen) atoms. The van der Waals surface area contributed by atoms with Crippen molar-refractivity contribution < 1.29 is 80.2 Å². The van der Waals surface area contributed by atoms with E-state index in [1.54, 1.807) is 0 Å². The maximum atomic E-state index is 13.0. The average Bonchev–Trinajstić information content (AvgIpc) is 1.54. The maximum absolute atomic E-state index is 13.0. The van der Waals surface area contributed by atoms with Crippen LogP contribution in [0.25, 0.3) is 0 Å². The minimum absolute atomic E-state index is 0.107. The Balaban J connectivity index is 5.16. The fraction of sp³-hybridized carbons (Fsp3) is 0.945. The Morgan fingerprint density at radius 2 is 0.500 bits per heavy atom. The van der Waals surface area contributed by atoms with Gasteiger partial charge in [-0.1, -0.05) is 330 Å². The number of rotatable bonds is 73. The fourth-order valence-electron chi connectivity index (χ4n) is 11.2. The number of aliphatic hydroxyl groups excluding tert-OH is 1. The summed E-state index contributed by atoms with van der Waals surface area (Å²) in [7, 11) is -9.90. The summed E-state index contributed by atoms with van der Waals surface area (Å²) in [6, 6.07) is 0. The molecule has 0 spiro atoms. The predicted molar refractivity (Wildman–Crippen MR) is 372 cm³/mol. The third kappa shape index (κ3) is 66.7. The molecule has 5 atom stereocenters. The normalized spacial score (nSPS) is 14.0. The van der Waals surface area contributed by atoms with E-state index >= 15 is 0 Å². The lowest BCUT2D eigenvalue weighted by atomic mass is 10.0. The van der Waals surface area contributed by atoms with E-state index in [0.717, 1.165) is 95.8 Å². The maximum Gasteiger partial charge on any atom is 0.472 e. The quantitative estimate of drug-likeness (QED) is 0.0222. The van der Waals surface area contributed by atoms with Crippen molar-refractivity contribution in [1.29, 1.82) is 0 Å². The van der Waals surface area contributed by atoms with E-state index in [0.29, 0.717) is 25.7 Å². The number of hydrogen-bond acceptors (Lipinski definition) is 15. The molecule has 17 nitrogen and oxygen atoms in total. The van der Waals surface area contributed by atoms with Crippen molar-refractivity contribution in [3.8, 4) is 0 Å². The molecule has 0 rings (SSSR count). The smallest absolute Gasteiger partial charge is 0.462 e. The zero-order chi connectivity index (χ0) is 67.7. The van der Waals surface area contributed by atoms with Crippen LogP contribution in [0.2, 0.25) is 0 Å². The molecule has 0 aliphatic rings. The van der Waals surface area contributed by atoms with Crippen LogP contribution in [0.4, 0.5) is 0 Å². The second kappa shape index (κ2) is 66.3. The summed E-state index contributed by atoms with van der Waals surface area (Å²) in [5.74, 6) is -1.39. The topological polar surface area (TPSA) is 237 Å². The Bertz CT molecular complexity index is 1770. The summed E-state index contributed by atoms with van der Waals surface area (Å²) in [4.78, 5) is 72.5. The second-order valence-electron chi connectivity index (χ2n) is 26.8. The van der Waals surface area contributed by atoms with Gasteiger partial charge in [0.15, 0.2) is 12.2 Å². The Kier molecular flexibility index (Phi) is 64.9. The first-order valence-electron chi connectivity index (χ1n) is 38.1. The molecule has 0 saturated carbocycles. The van der Waals surface area contributed by atoms with Gasteiger partial charge in [0.25, 0.3) is 0 Å². The van der Waals surface area contributed by atoms with Crippen LogP contribution < -0.4 is 0 Å². The molecule has 0 fully saturated rings. The zero-order valence-electron chi connectivity index (χ0n) is 59.7. The number of carbonyl (C=O) groups excluding carboxylic acids is 4. The Morgan fingerprint density at radius 1 is 0.293 bits per heavy atom. The fourth-order valence-corrected chi connectivity index (χ4v) is 12.8. The van der Waals surface area contributed by atoms with Gasteiger partial charge in [-0.25, -0.2) is 9.13 Å². The van der Waals surface area contributed by atoms with Crippen molar-refractivity contribution >= 4 is 39.5 Å². The molecule has 0 aromatic heterocycles. The van der Waals surface area contributed by atoms with Crippen LogP contribution in [0.15, 0.2) is 0 Å². The van der Waals surface area contributed by atoms with E-state index in [1.165, 1.54) is 205 Å². The van der Waals surface area contributed by atoms with Gasteiger partial charge in [0.1, 0.15) is 19.3 Å². The lowest BCUT2D eigenvalue weighted by Gasteiger charge is -2.21. The summed E-state index contributed by atoms with van der Waals surface area (Å²) in [6.07, 6.45) is 54.3. The summed E-state index contributed by atoms with van der Waals surface area (Å²) < 4.78 is 68.3. The molecule has 3 N–H and O–H groups in total. The molecule has 0 aliphatic heterocycles. The number of unbranched alkanes of at least 4 members (excludes halogenated alkanes) is 45. The van der Waals surface area contributed by atoms with Gasteiger partial charge in [0, 0.05) is 25.7 Å². The lowest BCUT2D eigenvalue weighted by molar-refractivity contribution is -0.161. The van der Waals surface area contributed by atoms with Gasteiger partial charge in [-0.05, 0) is 31.6 Å². The van der Waals surface area contributed by atoms with Crippen molar-refractivity contribution in [2.24, 2.45) is 5.92 Å². The predicted octanol–water partition coefficient (Wildman–Crippen LogP) is 21.3. The SMILES string of the molecule is CCCCCCCCCCCCCCCCCCCCCCCC(=O)O[C@H](COC(=O)CCCCCCCCCCC(C)C)COP(=O)(O)OC[C@@H](O)COP(=O)(O)OC[C@@H](COC(=O)CCCCCCCCCCCC)OC(=O)CCCCCCCCCCCC.